The van der Waals surface area contributed by atoms with E-state index < -0.39 is 129 Å². The number of unbranched alkanes of at least 4 members (excludes halogenated alkanes) is 4. The molecule has 0 saturated carbocycles. The van der Waals surface area contributed by atoms with Crippen molar-refractivity contribution in [3.63, 3.8) is 0 Å². The zero-order valence-corrected chi connectivity index (χ0v) is 71.8. The van der Waals surface area contributed by atoms with Crippen molar-refractivity contribution in [1.29, 1.82) is 0 Å². The molecule has 0 spiro atoms. The van der Waals surface area contributed by atoms with Crippen molar-refractivity contribution < 1.29 is 122 Å². The lowest BCUT2D eigenvalue weighted by atomic mass is 9.83. The molecule has 3 saturated heterocycles. The largest absolute Gasteiger partial charge is 0.487 e. The molecule has 666 valence electrons. The number of nitrogens with one attached hydrogen (secondary N) is 4. The molecule has 13 N–H and O–H groups in total. The first kappa shape index (κ1) is 103. The summed E-state index contributed by atoms with van der Waals surface area (Å²) in [6.07, 6.45) is 5.85. The number of aliphatic hydroxyl groups is 9. The molecule has 0 bridgehead atoms. The predicted octanol–water partition coefficient (Wildman–Crippen LogP) is 6.50. The van der Waals surface area contributed by atoms with Crippen LogP contribution in [0, 0.1) is 56.3 Å². The first-order valence-corrected chi connectivity index (χ1v) is 43.1. The van der Waals surface area contributed by atoms with Gasteiger partial charge in [-0.15, -0.1) is 0 Å². The number of aliphatic hydroxyl groups excluding tert-OH is 9. The average molecular weight is 1640 g/mol. The van der Waals surface area contributed by atoms with E-state index in [9.17, 15) is 74.7 Å². The van der Waals surface area contributed by atoms with Crippen molar-refractivity contribution in [2.24, 2.45) is 35.5 Å². The molecule has 0 aliphatic carbocycles. The summed E-state index contributed by atoms with van der Waals surface area (Å²) in [6, 6.07) is -1.01. The molecule has 5 amide bonds. The molecular weight excluding hydrogens is 1490 g/mol. The molecule has 30 heteroatoms. The summed E-state index contributed by atoms with van der Waals surface area (Å²) >= 11 is 0. The van der Waals surface area contributed by atoms with Crippen LogP contribution in [-0.4, -0.2) is 271 Å². The summed E-state index contributed by atoms with van der Waals surface area (Å²) in [4.78, 5) is 79.8. The van der Waals surface area contributed by atoms with E-state index in [2.05, 4.69) is 69.7 Å². The first-order chi connectivity index (χ1) is 54.8. The number of carbonyl (C=O) groups excluding carboxylic acids is 6. The lowest BCUT2D eigenvalue weighted by Gasteiger charge is -2.40. The maximum absolute atomic E-state index is 14.4. The van der Waals surface area contributed by atoms with Gasteiger partial charge in [0, 0.05) is 115 Å². The first-order valence-electron chi connectivity index (χ1n) is 43.1. The minimum atomic E-state index is -1.25. The smallest absolute Gasteiger partial charge is 0.310 e. The summed E-state index contributed by atoms with van der Waals surface area (Å²) < 4.78 is 57.3. The van der Waals surface area contributed by atoms with Crippen LogP contribution in [0.1, 0.15) is 246 Å². The maximum atomic E-state index is 14.4. The Morgan fingerprint density at radius 3 is 1.38 bits per heavy atom. The highest BCUT2D eigenvalue weighted by molar-refractivity contribution is 5.88. The number of esters is 1. The second-order valence-corrected chi connectivity index (χ2v) is 33.0. The molecule has 115 heavy (non-hydrogen) atoms. The van der Waals surface area contributed by atoms with E-state index in [0.717, 1.165) is 65.2 Å². The number of hydrogen-bond acceptors (Lipinski definition) is 25. The molecule has 4 heterocycles. The Bertz CT molecular complexity index is 2870. The highest BCUT2D eigenvalue weighted by Crippen LogP contribution is 2.45. The van der Waals surface area contributed by atoms with Gasteiger partial charge >= 0.3 is 5.97 Å². The minimum Gasteiger partial charge on any atom is -0.487 e. The maximum Gasteiger partial charge on any atom is 0.310 e. The van der Waals surface area contributed by atoms with Crippen molar-refractivity contribution in [2.45, 2.75) is 336 Å². The number of ether oxygens (including phenoxy) is 10. The van der Waals surface area contributed by atoms with E-state index in [-0.39, 0.29) is 121 Å². The predicted molar refractivity (Wildman–Crippen MR) is 432 cm³/mol. The fourth-order valence-corrected chi connectivity index (χ4v) is 14.8. The Labute approximate surface area is 684 Å². The van der Waals surface area contributed by atoms with E-state index >= 15 is 0 Å². The van der Waals surface area contributed by atoms with Gasteiger partial charge in [0.25, 0.3) is 0 Å². The third kappa shape index (κ3) is 36.6. The van der Waals surface area contributed by atoms with Gasteiger partial charge in [-0.1, -0.05) is 100 Å². The summed E-state index contributed by atoms with van der Waals surface area (Å²) in [5.41, 5.74) is 4.33. The fourth-order valence-electron chi connectivity index (χ4n) is 14.8. The van der Waals surface area contributed by atoms with Crippen LogP contribution in [0.4, 0.5) is 0 Å². The molecule has 4 aliphatic rings. The summed E-state index contributed by atoms with van der Waals surface area (Å²) in [5, 5.41) is 101. The van der Waals surface area contributed by atoms with Crippen LogP contribution >= 0.6 is 0 Å². The lowest BCUT2D eigenvalue weighted by Crippen LogP contribution is -2.55. The summed E-state index contributed by atoms with van der Waals surface area (Å²) in [6.45, 7) is 27.5. The van der Waals surface area contributed by atoms with Gasteiger partial charge in [-0.05, 0) is 153 Å². The third-order valence-corrected chi connectivity index (χ3v) is 22.8. The van der Waals surface area contributed by atoms with Gasteiger partial charge < -0.3 is 119 Å². The van der Waals surface area contributed by atoms with Crippen LogP contribution in [-0.2, 0) is 73.1 Å². The molecule has 19 atom stereocenters. The molecule has 4 aliphatic heterocycles. The molecule has 0 radical (unpaired) electrons. The average Bonchev–Trinajstić information content (AvgIpc) is 0.757. The number of hydrogen-bond donors (Lipinski definition) is 13. The topological polar surface area (TPSA) is 428 Å². The van der Waals surface area contributed by atoms with Crippen molar-refractivity contribution in [3.8, 4) is 11.5 Å². The minimum absolute atomic E-state index is 0.0253. The monoisotopic (exact) mass is 1640 g/mol. The van der Waals surface area contributed by atoms with Crippen molar-refractivity contribution >= 4 is 35.5 Å². The molecule has 30 nitrogen and oxygen atoms in total. The van der Waals surface area contributed by atoms with Crippen molar-refractivity contribution in [3.05, 3.63) is 22.3 Å². The van der Waals surface area contributed by atoms with Crippen LogP contribution < -0.4 is 30.7 Å². The highest BCUT2D eigenvalue weighted by Gasteiger charge is 2.45. The number of nitrogens with zero attached hydrogens (tertiary/aromatic N) is 1. The van der Waals surface area contributed by atoms with Crippen molar-refractivity contribution in [1.82, 2.24) is 26.2 Å². The Morgan fingerprint density at radius 2 is 0.939 bits per heavy atom. The molecular formula is C85H151N5O25. The number of carbonyl (C=O) groups is 6. The second kappa shape index (κ2) is 55.9. The molecule has 16 unspecified atom stereocenters. The molecule has 1 aromatic rings. The van der Waals surface area contributed by atoms with Gasteiger partial charge in [0.15, 0.2) is 18.9 Å². The molecule has 0 aromatic heterocycles. The zero-order chi connectivity index (χ0) is 85.2. The van der Waals surface area contributed by atoms with Gasteiger partial charge in [-0.2, -0.15) is 0 Å². The van der Waals surface area contributed by atoms with Crippen molar-refractivity contribution in [2.75, 3.05) is 98.8 Å². The van der Waals surface area contributed by atoms with Gasteiger partial charge in [0.1, 0.15) is 59.8 Å². The summed E-state index contributed by atoms with van der Waals surface area (Å²) in [7, 11) is 0. The van der Waals surface area contributed by atoms with Crippen LogP contribution in [0.15, 0.2) is 0 Å². The highest BCUT2D eigenvalue weighted by atomic mass is 16.7. The van der Waals surface area contributed by atoms with Crippen LogP contribution in [0.5, 0.6) is 11.5 Å². The van der Waals surface area contributed by atoms with Gasteiger partial charge in [0.2, 0.25) is 29.5 Å². The number of amides is 5. The fraction of sp³-hybridized carbons (Fsp3) is 0.859. The quantitative estimate of drug-likeness (QED) is 0.0188. The molecule has 3 fully saturated rings. The SMILES string of the molecule is CCC(=O)Oc1c(C)c(C)c2c(c1C)CC[C@@](C)(CCC[C@H](C)CCC[C@H](C)CCCC(C)C)O2.CCOCCOCCC(=O)NC(CCCCNC(=O)CCCCOC1OC(CO)C(O)C(O)C1C)C(=O)N(CCNC(=O)CCCCOC1OC(CO)C(O)C(O)C1C)CCNC(=O)CCCCOC1OC(CO)C(O)C(O)C1C. The number of fused-ring (bicyclic) bond motifs is 1. The Kier molecular flexibility index (Phi) is 49.8. The normalized spacial score (nSPS) is 26.1. The van der Waals surface area contributed by atoms with E-state index in [1.807, 2.05) is 20.8 Å². The van der Waals surface area contributed by atoms with Gasteiger partial charge in [0.05, 0.1) is 58.0 Å². The molecule has 1 aromatic carbocycles. The molecule has 5 rings (SSSR count). The van der Waals surface area contributed by atoms with E-state index in [0.29, 0.717) is 77.5 Å². The Hall–Kier alpha value is -4.84. The van der Waals surface area contributed by atoms with Crippen LogP contribution in [0.3, 0.4) is 0 Å². The van der Waals surface area contributed by atoms with Crippen LogP contribution in [0.2, 0.25) is 0 Å². The number of rotatable bonds is 55. The Morgan fingerprint density at radius 1 is 0.496 bits per heavy atom. The Balaban J connectivity index is 0.000000659. The van der Waals surface area contributed by atoms with Gasteiger partial charge in [-0.3, -0.25) is 28.8 Å². The zero-order valence-electron chi connectivity index (χ0n) is 71.8. The van der Waals surface area contributed by atoms with E-state index in [4.69, 9.17) is 47.4 Å². The van der Waals surface area contributed by atoms with E-state index in [1.165, 1.54) is 61.8 Å². The lowest BCUT2D eigenvalue weighted by molar-refractivity contribution is -0.282. The number of benzene rings is 1. The van der Waals surface area contributed by atoms with Gasteiger partial charge in [-0.25, -0.2) is 0 Å². The third-order valence-electron chi connectivity index (χ3n) is 22.8. The second-order valence-electron chi connectivity index (χ2n) is 33.0. The van der Waals surface area contributed by atoms with Crippen LogP contribution in [0.25, 0.3) is 0 Å². The van der Waals surface area contributed by atoms with E-state index in [1.54, 1.807) is 20.8 Å². The summed E-state index contributed by atoms with van der Waals surface area (Å²) in [5.74, 6) is 0.770. The standard InChI is InChI=1S/C53H97N5O22.C32H54O3/c1-5-73-28-29-74-27-18-43(65)57-36(14-6-10-19-54-40(62)15-7-11-24-75-51-33(2)44(66)47(69)37(30-59)78-51)50(72)58(22-20-55-41(63)16-8-12-25-76-52-34(3)45(67)48(70)38(31-60)79-52)23-21-56-42(64)17-9-13-26-77-53-35(4)46(68)49(71)39(32-61)80-53;1-10-29(33)34-30-25(6)26(7)31-28(27(30)8)19-21-32(9,35-31)20-13-18-24(5)17-12-16-23(4)15-11-14-22(2)3/h33-39,44-49,51-53,59-61,66-71H,5-32H2,1-4H3,(H,54,62)(H,55,63)(H,56,64)(H,57,65);22-24H,10-21H2,1-9H3/t;23-,24-,32-/m.1/s1.